The zero-order valence-electron chi connectivity index (χ0n) is 10.0. The van der Waals surface area contributed by atoms with Crippen molar-refractivity contribution < 1.29 is 9.84 Å². The molecule has 3 aromatic rings. The first-order chi connectivity index (χ1) is 9.20. The highest BCUT2D eigenvalue weighted by molar-refractivity contribution is 6.36. The Morgan fingerprint density at radius 3 is 2.89 bits per heavy atom. The van der Waals surface area contributed by atoms with Crippen LogP contribution in [0.3, 0.4) is 0 Å². The maximum Gasteiger partial charge on any atom is 0.157 e. The van der Waals surface area contributed by atoms with Crippen LogP contribution in [0, 0.1) is 0 Å². The van der Waals surface area contributed by atoms with Crippen LogP contribution >= 0.6 is 11.6 Å². The molecule has 0 atom stereocenters. The Balaban J connectivity index is 2.32. The second-order valence-corrected chi connectivity index (χ2v) is 4.31. The minimum atomic E-state index is 0.0973. The summed E-state index contributed by atoms with van der Waals surface area (Å²) in [4.78, 5) is 4.42. The lowest BCUT2D eigenvalue weighted by Crippen LogP contribution is -1.98. The quantitative estimate of drug-likeness (QED) is 0.781. The number of halogens is 1. The molecule has 0 radical (unpaired) electrons. The summed E-state index contributed by atoms with van der Waals surface area (Å²) in [5.41, 5.74) is 0.478. The third kappa shape index (κ3) is 1.88. The highest BCUT2D eigenvalue weighted by atomic mass is 35.5. The molecule has 1 aromatic carbocycles. The lowest BCUT2D eigenvalue weighted by Gasteiger charge is -2.09. The molecular formula is C13H10ClN3O2. The number of hydrogen-bond donors (Lipinski definition) is 1. The number of benzene rings is 1. The molecule has 2 heterocycles. The highest BCUT2D eigenvalue weighted by Gasteiger charge is 2.12. The Labute approximate surface area is 114 Å². The molecule has 0 unspecified atom stereocenters. The number of pyridine rings is 1. The van der Waals surface area contributed by atoms with Crippen LogP contribution in [-0.4, -0.2) is 27.0 Å². The first-order valence-electron chi connectivity index (χ1n) is 5.57. The van der Waals surface area contributed by atoms with E-state index in [4.69, 9.17) is 16.3 Å². The Morgan fingerprint density at radius 2 is 2.21 bits per heavy atom. The fraction of sp³-hybridized carbons (Fsp3) is 0.0769. The largest absolute Gasteiger partial charge is 0.507 e. The van der Waals surface area contributed by atoms with Gasteiger partial charge in [-0.05, 0) is 18.2 Å². The molecule has 1 N–H and O–H groups in total. The molecule has 0 aliphatic heterocycles. The smallest absolute Gasteiger partial charge is 0.157 e. The number of aromatic nitrogens is 3. The SMILES string of the molecule is COc1ccc2c(O)cc(-n3cccn3)nc2c1Cl. The van der Waals surface area contributed by atoms with E-state index in [1.165, 1.54) is 13.2 Å². The van der Waals surface area contributed by atoms with E-state index in [0.29, 0.717) is 27.5 Å². The molecule has 0 aliphatic carbocycles. The zero-order valence-corrected chi connectivity index (χ0v) is 10.8. The Kier molecular flexibility index (Phi) is 2.76. The number of methoxy groups -OCH3 is 1. The average Bonchev–Trinajstić information content (AvgIpc) is 2.94. The Bertz CT molecular complexity index is 741. The first-order valence-corrected chi connectivity index (χ1v) is 5.94. The Hall–Kier alpha value is -2.27. The molecule has 0 spiro atoms. The topological polar surface area (TPSA) is 60.2 Å². The van der Waals surface area contributed by atoms with Gasteiger partial charge in [-0.1, -0.05) is 11.6 Å². The summed E-state index contributed by atoms with van der Waals surface area (Å²) in [5.74, 6) is 1.10. The van der Waals surface area contributed by atoms with Crippen molar-refractivity contribution >= 4 is 22.5 Å². The van der Waals surface area contributed by atoms with Crippen LogP contribution in [0.5, 0.6) is 11.5 Å². The molecule has 5 nitrogen and oxygen atoms in total. The van der Waals surface area contributed by atoms with Crippen molar-refractivity contribution in [1.29, 1.82) is 0 Å². The predicted molar refractivity (Wildman–Crippen MR) is 72.1 cm³/mol. The normalized spacial score (nSPS) is 10.8. The van der Waals surface area contributed by atoms with Gasteiger partial charge in [0.15, 0.2) is 5.82 Å². The van der Waals surface area contributed by atoms with Gasteiger partial charge in [0.1, 0.15) is 16.5 Å². The minimum absolute atomic E-state index is 0.0973. The van der Waals surface area contributed by atoms with Crippen molar-refractivity contribution in [1.82, 2.24) is 14.8 Å². The van der Waals surface area contributed by atoms with Crippen molar-refractivity contribution in [3.63, 3.8) is 0 Å². The summed E-state index contributed by atoms with van der Waals surface area (Å²) in [7, 11) is 1.53. The number of hydrogen-bond acceptors (Lipinski definition) is 4. The molecule has 0 saturated heterocycles. The van der Waals surface area contributed by atoms with Crippen LogP contribution in [0.4, 0.5) is 0 Å². The van der Waals surface area contributed by atoms with E-state index in [9.17, 15) is 5.11 Å². The summed E-state index contributed by atoms with van der Waals surface area (Å²) in [6.07, 6.45) is 3.37. The molecular weight excluding hydrogens is 266 g/mol. The maximum absolute atomic E-state index is 10.1. The molecule has 0 amide bonds. The second-order valence-electron chi connectivity index (χ2n) is 3.93. The fourth-order valence-corrected chi connectivity index (χ4v) is 2.17. The van der Waals surface area contributed by atoms with E-state index in [-0.39, 0.29) is 5.75 Å². The molecule has 96 valence electrons. The van der Waals surface area contributed by atoms with E-state index in [2.05, 4.69) is 10.1 Å². The Morgan fingerprint density at radius 1 is 1.37 bits per heavy atom. The van der Waals surface area contributed by atoms with E-state index in [1.807, 2.05) is 0 Å². The monoisotopic (exact) mass is 275 g/mol. The van der Waals surface area contributed by atoms with Gasteiger partial charge in [-0.15, -0.1) is 0 Å². The van der Waals surface area contributed by atoms with Gasteiger partial charge in [0.05, 0.1) is 12.6 Å². The number of aromatic hydroxyl groups is 1. The fourth-order valence-electron chi connectivity index (χ4n) is 1.89. The van der Waals surface area contributed by atoms with Gasteiger partial charge in [0.25, 0.3) is 0 Å². The van der Waals surface area contributed by atoms with E-state index >= 15 is 0 Å². The van der Waals surface area contributed by atoms with Gasteiger partial charge >= 0.3 is 0 Å². The third-order valence-corrected chi connectivity index (χ3v) is 3.17. The molecule has 0 fully saturated rings. The van der Waals surface area contributed by atoms with Gasteiger partial charge < -0.3 is 9.84 Å². The second kappa shape index (κ2) is 4.44. The standard InChI is InChI=1S/C13H10ClN3O2/c1-19-10-4-3-8-9(18)7-11(16-13(8)12(10)14)17-6-2-5-15-17/h2-7H,1H3,(H,16,18). The first kappa shape index (κ1) is 11.8. The summed E-state index contributed by atoms with van der Waals surface area (Å²) in [6.45, 7) is 0. The van der Waals surface area contributed by atoms with Crippen LogP contribution < -0.4 is 4.74 Å². The molecule has 0 aliphatic rings. The zero-order chi connectivity index (χ0) is 13.4. The van der Waals surface area contributed by atoms with E-state index < -0.39 is 0 Å². The van der Waals surface area contributed by atoms with Crippen LogP contribution in [-0.2, 0) is 0 Å². The van der Waals surface area contributed by atoms with Gasteiger partial charge in [-0.3, -0.25) is 0 Å². The van der Waals surface area contributed by atoms with Crippen LogP contribution in [0.2, 0.25) is 5.02 Å². The summed E-state index contributed by atoms with van der Waals surface area (Å²) in [5, 5.41) is 15.1. The van der Waals surface area contributed by atoms with Gasteiger partial charge in [0.2, 0.25) is 0 Å². The van der Waals surface area contributed by atoms with Crippen LogP contribution in [0.15, 0.2) is 36.7 Å². The average molecular weight is 276 g/mol. The lowest BCUT2D eigenvalue weighted by molar-refractivity contribution is 0.415. The molecule has 6 heteroatoms. The van der Waals surface area contributed by atoms with Crippen molar-refractivity contribution in [2.45, 2.75) is 0 Å². The maximum atomic E-state index is 10.1. The predicted octanol–water partition coefficient (Wildman–Crippen LogP) is 2.79. The van der Waals surface area contributed by atoms with Gasteiger partial charge in [0, 0.05) is 23.8 Å². The minimum Gasteiger partial charge on any atom is -0.507 e. The molecule has 2 aromatic heterocycles. The summed E-state index contributed by atoms with van der Waals surface area (Å²) >= 11 is 6.22. The third-order valence-electron chi connectivity index (χ3n) is 2.81. The van der Waals surface area contributed by atoms with Crippen molar-refractivity contribution in [2.75, 3.05) is 7.11 Å². The number of nitrogens with zero attached hydrogens (tertiary/aromatic N) is 3. The van der Waals surface area contributed by atoms with Crippen molar-refractivity contribution in [3.8, 4) is 17.3 Å². The van der Waals surface area contributed by atoms with E-state index in [0.717, 1.165) is 0 Å². The summed E-state index contributed by atoms with van der Waals surface area (Å²) in [6, 6.07) is 6.73. The lowest BCUT2D eigenvalue weighted by atomic mass is 10.2. The van der Waals surface area contributed by atoms with Crippen molar-refractivity contribution in [3.05, 3.63) is 41.7 Å². The number of fused-ring (bicyclic) bond motifs is 1. The summed E-state index contributed by atoms with van der Waals surface area (Å²) < 4.78 is 6.70. The van der Waals surface area contributed by atoms with Crippen LogP contribution in [0.25, 0.3) is 16.7 Å². The molecule has 3 rings (SSSR count). The number of rotatable bonds is 2. The van der Waals surface area contributed by atoms with E-state index in [1.54, 1.807) is 35.3 Å². The van der Waals surface area contributed by atoms with Crippen molar-refractivity contribution in [2.24, 2.45) is 0 Å². The van der Waals surface area contributed by atoms with Gasteiger partial charge in [-0.25, -0.2) is 9.67 Å². The van der Waals surface area contributed by atoms with Gasteiger partial charge in [-0.2, -0.15) is 5.10 Å². The molecule has 0 bridgehead atoms. The number of ether oxygens (including phenoxy) is 1. The van der Waals surface area contributed by atoms with Crippen LogP contribution in [0.1, 0.15) is 0 Å². The highest BCUT2D eigenvalue weighted by Crippen LogP contribution is 2.35. The molecule has 19 heavy (non-hydrogen) atoms. The molecule has 0 saturated carbocycles.